The van der Waals surface area contributed by atoms with E-state index >= 15 is 0 Å². The van der Waals surface area contributed by atoms with Crippen LogP contribution in [0, 0.1) is 11.6 Å². The fourth-order valence-corrected chi connectivity index (χ4v) is 47.2. The number of benzene rings is 4. The number of hydrogen-bond donors (Lipinski definition) is 0. The molecule has 0 aliphatic heterocycles. The molecule has 2 atom stereocenters. The van der Waals surface area contributed by atoms with Gasteiger partial charge in [-0.1, -0.05) is 0 Å². The fraction of sp³-hybridized carbons (Fsp3) is 0.200. The van der Waals surface area contributed by atoms with Gasteiger partial charge in [0, 0.05) is 0 Å². The van der Waals surface area contributed by atoms with Crippen LogP contribution >= 0.6 is 0 Å². The second-order valence-corrected chi connectivity index (χ2v) is 56.4. The number of halogens is 2. The van der Waals surface area contributed by atoms with E-state index in [2.05, 4.69) is 77.0 Å². The van der Waals surface area contributed by atoms with E-state index < -0.39 is 17.1 Å². The molecule has 0 aromatic heterocycles. The molecule has 0 fully saturated rings. The molecule has 0 heterocycles. The number of rotatable bonds is 6. The summed E-state index contributed by atoms with van der Waals surface area (Å²) in [5.74, 6) is -0.405. The van der Waals surface area contributed by atoms with Crippen LogP contribution in [-0.2, 0) is 17.1 Å². The second kappa shape index (κ2) is 10.0. The first-order chi connectivity index (χ1) is 18.8. The molecule has 4 aromatic carbocycles. The van der Waals surface area contributed by atoms with Crippen molar-refractivity contribution in [1.29, 1.82) is 0 Å². The molecule has 0 bridgehead atoms. The SMILES string of the molecule is CCC[SiH]=[Hf]([CH3])([CH3])([CH]1C=Cc2c(-c3ccc(F)cc3)cccc21)[CH]1C=Cc2c(-c3ccc(F)cc3)cccc21. The quantitative estimate of drug-likeness (QED) is 0.176. The summed E-state index contributed by atoms with van der Waals surface area (Å²) < 4.78 is 33.8. The molecule has 0 spiro atoms. The molecule has 0 nitrogen and oxygen atoms in total. The number of fused-ring (bicyclic) bond motifs is 2. The minimum atomic E-state index is -3.73. The average molecular weight is 699 g/mol. The molecule has 0 radical (unpaired) electrons. The van der Waals surface area contributed by atoms with Crippen molar-refractivity contribution in [3.63, 3.8) is 0 Å². The normalized spacial score (nSPS) is 17.8. The molecular weight excluding hydrogens is 665 g/mol. The maximum absolute atomic E-state index is 13.7. The van der Waals surface area contributed by atoms with Gasteiger partial charge in [0.1, 0.15) is 0 Å². The Balaban J connectivity index is 1.49. The summed E-state index contributed by atoms with van der Waals surface area (Å²) in [6.07, 6.45) is 11.3. The summed E-state index contributed by atoms with van der Waals surface area (Å²) in [5.41, 5.74) is 10.0. The van der Waals surface area contributed by atoms with Gasteiger partial charge in [-0.15, -0.1) is 0 Å². The molecule has 0 amide bonds. The van der Waals surface area contributed by atoms with Crippen LogP contribution in [0.3, 0.4) is 0 Å². The summed E-state index contributed by atoms with van der Waals surface area (Å²) in [6, 6.07) is 28.5. The van der Waals surface area contributed by atoms with Crippen LogP contribution < -0.4 is 0 Å². The molecule has 4 aromatic rings. The van der Waals surface area contributed by atoms with Gasteiger partial charge in [-0.05, 0) is 0 Å². The number of allylic oxidation sites excluding steroid dienone is 2. The first-order valence-electron chi connectivity index (χ1n) is 14.0. The van der Waals surface area contributed by atoms with Crippen molar-refractivity contribution >= 4 is 18.4 Å². The third-order valence-electron chi connectivity index (χ3n) is 9.21. The van der Waals surface area contributed by atoms with Crippen molar-refractivity contribution in [2.45, 2.75) is 36.1 Å². The minimum absolute atomic E-state index is 0.202. The summed E-state index contributed by atoms with van der Waals surface area (Å²) in [5, 5.41) is 0. The van der Waals surface area contributed by atoms with E-state index in [-0.39, 0.29) is 11.6 Å². The van der Waals surface area contributed by atoms with Crippen LogP contribution in [0.2, 0.25) is 15.4 Å². The van der Waals surface area contributed by atoms with Crippen LogP contribution in [0.15, 0.2) is 97.1 Å². The van der Waals surface area contributed by atoms with Gasteiger partial charge < -0.3 is 0 Å². The zero-order chi connectivity index (χ0) is 27.2. The molecule has 0 saturated carbocycles. The summed E-state index contributed by atoms with van der Waals surface area (Å²) in [6.45, 7) is 2.32. The Bertz CT molecular complexity index is 1570. The van der Waals surface area contributed by atoms with E-state index in [0.29, 0.717) is 13.6 Å². The van der Waals surface area contributed by atoms with Crippen LogP contribution in [-0.4, -0.2) is 6.22 Å². The van der Waals surface area contributed by atoms with Gasteiger partial charge in [0.2, 0.25) is 0 Å². The molecule has 4 heteroatoms. The molecule has 196 valence electrons. The molecule has 6 rings (SSSR count). The standard InChI is InChI=1S/2C15H10F.C3H8Si.2CH3.Hf/c2*16-13-9-7-12(8-10-13)15-6-2-4-11-3-1-5-14(11)15;1-2-3-4;;;/h2*1-10H;4H,2-3H2,1H3;2*1H3;. The third kappa shape index (κ3) is 4.50. The molecule has 2 aliphatic rings. The van der Waals surface area contributed by atoms with Crippen molar-refractivity contribution < 1.29 is 25.9 Å². The zero-order valence-electron chi connectivity index (χ0n) is 22.8. The molecule has 0 N–H and O–H groups in total. The van der Waals surface area contributed by atoms with E-state index in [9.17, 15) is 8.78 Å². The van der Waals surface area contributed by atoms with Gasteiger partial charge in [0.25, 0.3) is 0 Å². The van der Waals surface area contributed by atoms with Crippen molar-refractivity contribution in [3.8, 4) is 22.3 Å². The summed E-state index contributed by atoms with van der Waals surface area (Å²) >= 11 is -3.73. The van der Waals surface area contributed by atoms with E-state index in [4.69, 9.17) is 0 Å². The van der Waals surface area contributed by atoms with Gasteiger partial charge in [-0.2, -0.15) is 0 Å². The van der Waals surface area contributed by atoms with E-state index in [0.717, 1.165) is 11.1 Å². The molecule has 0 saturated heterocycles. The predicted octanol–water partition coefficient (Wildman–Crippen LogP) is 10.1. The number of hydrogen-bond acceptors (Lipinski definition) is 0. The van der Waals surface area contributed by atoms with Crippen LogP contribution in [0.25, 0.3) is 34.4 Å². The van der Waals surface area contributed by atoms with E-state index in [1.165, 1.54) is 45.8 Å². The van der Waals surface area contributed by atoms with Gasteiger partial charge in [-0.25, -0.2) is 0 Å². The summed E-state index contributed by atoms with van der Waals surface area (Å²) in [4.78, 5) is 0. The first kappa shape index (κ1) is 26.5. The second-order valence-electron chi connectivity index (χ2n) is 12.0. The van der Waals surface area contributed by atoms with E-state index in [1.807, 2.05) is 24.3 Å². The van der Waals surface area contributed by atoms with Gasteiger partial charge in [0.05, 0.1) is 0 Å². The van der Waals surface area contributed by atoms with Crippen molar-refractivity contribution in [2.24, 2.45) is 0 Å². The maximum atomic E-state index is 13.7. The Morgan fingerprint density at radius 2 is 1.08 bits per heavy atom. The van der Waals surface area contributed by atoms with Gasteiger partial charge in [0.15, 0.2) is 0 Å². The fourth-order valence-electron chi connectivity index (χ4n) is 7.07. The Labute approximate surface area is 232 Å². The molecule has 39 heavy (non-hydrogen) atoms. The Kier molecular flexibility index (Phi) is 6.83. The van der Waals surface area contributed by atoms with Gasteiger partial charge in [-0.3, -0.25) is 0 Å². The third-order valence-corrected chi connectivity index (χ3v) is 52.0. The van der Waals surface area contributed by atoms with Gasteiger partial charge >= 0.3 is 234 Å². The predicted molar refractivity (Wildman–Crippen MR) is 161 cm³/mol. The summed E-state index contributed by atoms with van der Waals surface area (Å²) in [7, 11) is 0. The molecular formula is C35H34F2HfSi. The molecule has 2 aliphatic carbocycles. The van der Waals surface area contributed by atoms with Crippen molar-refractivity contribution in [3.05, 3.63) is 131 Å². The van der Waals surface area contributed by atoms with Crippen molar-refractivity contribution in [1.82, 2.24) is 0 Å². The monoisotopic (exact) mass is 700 g/mol. The topological polar surface area (TPSA) is 0 Å². The van der Waals surface area contributed by atoms with Crippen LogP contribution in [0.1, 0.15) is 42.9 Å². The average Bonchev–Trinajstić information content (AvgIpc) is 3.59. The Morgan fingerprint density at radius 3 is 1.49 bits per heavy atom. The first-order valence-corrected chi connectivity index (χ1v) is 32.9. The van der Waals surface area contributed by atoms with Crippen molar-refractivity contribution in [2.75, 3.05) is 0 Å². The Hall–Kier alpha value is -2.69. The van der Waals surface area contributed by atoms with Crippen LogP contribution in [0.4, 0.5) is 8.78 Å². The van der Waals surface area contributed by atoms with Crippen LogP contribution in [0.5, 0.6) is 0 Å². The zero-order valence-corrected chi connectivity index (χ0v) is 27.5. The molecule has 2 unspecified atom stereocenters. The van der Waals surface area contributed by atoms with E-state index in [1.54, 1.807) is 24.3 Å². The Morgan fingerprint density at radius 1 is 0.641 bits per heavy atom.